The minimum atomic E-state index is 0.565. The standard InChI is InChI=1S/C13H17Cl2N3S/c1-16-13(19-2)9-3-5-18(6-4-9)12-10(14)7-17-8-11(12)15/h7-9H,3-6H2,1-2H3/b16-13-. The van der Waals surface area contributed by atoms with Crippen LogP contribution in [0.5, 0.6) is 0 Å². The Kier molecular flexibility index (Phi) is 5.37. The third-order valence-corrected chi connectivity index (χ3v) is 4.91. The van der Waals surface area contributed by atoms with Gasteiger partial charge in [0.25, 0.3) is 0 Å². The molecule has 0 N–H and O–H groups in total. The smallest absolute Gasteiger partial charge is 0.0838 e. The molecule has 6 heteroatoms. The molecule has 0 radical (unpaired) electrons. The number of piperidine rings is 1. The van der Waals surface area contributed by atoms with E-state index in [-0.39, 0.29) is 0 Å². The summed E-state index contributed by atoms with van der Waals surface area (Å²) in [4.78, 5) is 10.6. The number of thioether (sulfide) groups is 1. The topological polar surface area (TPSA) is 28.5 Å². The van der Waals surface area contributed by atoms with Crippen LogP contribution in [-0.2, 0) is 0 Å². The summed E-state index contributed by atoms with van der Waals surface area (Å²) in [6.07, 6.45) is 7.56. The molecule has 0 bridgehead atoms. The van der Waals surface area contributed by atoms with E-state index in [9.17, 15) is 0 Å². The molecular weight excluding hydrogens is 301 g/mol. The van der Waals surface area contributed by atoms with Gasteiger partial charge in [-0.1, -0.05) is 23.2 Å². The zero-order chi connectivity index (χ0) is 13.8. The summed E-state index contributed by atoms with van der Waals surface area (Å²) < 4.78 is 0. The molecule has 0 spiro atoms. The van der Waals surface area contributed by atoms with Gasteiger partial charge in [0.2, 0.25) is 0 Å². The van der Waals surface area contributed by atoms with Gasteiger partial charge in [0.05, 0.1) is 20.8 Å². The fourth-order valence-corrected chi connectivity index (χ4v) is 3.85. The van der Waals surface area contributed by atoms with E-state index in [1.165, 1.54) is 5.04 Å². The van der Waals surface area contributed by atoms with Crippen LogP contribution in [0.3, 0.4) is 0 Å². The summed E-state index contributed by atoms with van der Waals surface area (Å²) in [6.45, 7) is 1.90. The Hall–Kier alpha value is -0.450. The quantitative estimate of drug-likeness (QED) is 0.609. The molecule has 0 saturated carbocycles. The molecule has 1 aromatic rings. The van der Waals surface area contributed by atoms with Crippen molar-refractivity contribution >= 4 is 45.7 Å². The van der Waals surface area contributed by atoms with E-state index >= 15 is 0 Å². The van der Waals surface area contributed by atoms with E-state index in [4.69, 9.17) is 23.2 Å². The number of pyridine rings is 1. The number of hydrogen-bond acceptors (Lipinski definition) is 4. The number of nitrogens with zero attached hydrogens (tertiary/aromatic N) is 3. The number of rotatable bonds is 2. The van der Waals surface area contributed by atoms with Crippen molar-refractivity contribution in [2.45, 2.75) is 12.8 Å². The second-order valence-corrected chi connectivity index (χ2v) is 6.12. The molecule has 3 nitrogen and oxygen atoms in total. The van der Waals surface area contributed by atoms with Crippen LogP contribution >= 0.6 is 35.0 Å². The van der Waals surface area contributed by atoms with Crippen molar-refractivity contribution in [1.29, 1.82) is 0 Å². The molecule has 1 fully saturated rings. The fraction of sp³-hybridized carbons (Fsp3) is 0.538. The van der Waals surface area contributed by atoms with Gasteiger partial charge >= 0.3 is 0 Å². The average molecular weight is 318 g/mol. The molecule has 0 amide bonds. The predicted molar refractivity (Wildman–Crippen MR) is 86.1 cm³/mol. The summed E-state index contributed by atoms with van der Waals surface area (Å²) in [5, 5.41) is 2.49. The van der Waals surface area contributed by atoms with Crippen LogP contribution < -0.4 is 4.90 Å². The zero-order valence-corrected chi connectivity index (χ0v) is 13.4. The third kappa shape index (κ3) is 3.36. The van der Waals surface area contributed by atoms with Crippen molar-refractivity contribution in [3.63, 3.8) is 0 Å². The van der Waals surface area contributed by atoms with Crippen molar-refractivity contribution < 1.29 is 0 Å². The zero-order valence-electron chi connectivity index (χ0n) is 11.1. The van der Waals surface area contributed by atoms with Crippen molar-refractivity contribution in [3.8, 4) is 0 Å². The average Bonchev–Trinajstić information content (AvgIpc) is 2.41. The molecule has 19 heavy (non-hydrogen) atoms. The molecule has 0 aliphatic carbocycles. The Morgan fingerprint density at radius 1 is 1.32 bits per heavy atom. The number of halogens is 2. The largest absolute Gasteiger partial charge is 0.369 e. The first-order chi connectivity index (χ1) is 9.17. The maximum atomic E-state index is 6.20. The molecule has 1 aliphatic rings. The lowest BCUT2D eigenvalue weighted by molar-refractivity contribution is 0.506. The maximum absolute atomic E-state index is 6.20. The predicted octanol–water partition coefficient (Wildman–Crippen LogP) is 4.00. The Balaban J connectivity index is 2.08. The Morgan fingerprint density at radius 3 is 2.37 bits per heavy atom. The molecular formula is C13H17Cl2N3S. The first-order valence-electron chi connectivity index (χ1n) is 6.22. The highest BCUT2D eigenvalue weighted by atomic mass is 35.5. The second-order valence-electron chi connectivity index (χ2n) is 4.48. The van der Waals surface area contributed by atoms with Crippen LogP contribution in [-0.4, -0.2) is 36.4 Å². The van der Waals surface area contributed by atoms with Crippen LogP contribution in [0.25, 0.3) is 0 Å². The van der Waals surface area contributed by atoms with Gasteiger partial charge in [-0.2, -0.15) is 0 Å². The molecule has 104 valence electrons. The van der Waals surface area contributed by atoms with Crippen LogP contribution in [0, 0.1) is 5.92 Å². The summed E-state index contributed by atoms with van der Waals surface area (Å²) in [6, 6.07) is 0. The van der Waals surface area contributed by atoms with E-state index in [1.54, 1.807) is 24.2 Å². The summed E-state index contributed by atoms with van der Waals surface area (Å²) >= 11 is 14.1. The van der Waals surface area contributed by atoms with Crippen molar-refractivity contribution in [3.05, 3.63) is 22.4 Å². The highest BCUT2D eigenvalue weighted by Gasteiger charge is 2.25. The van der Waals surface area contributed by atoms with Crippen LogP contribution in [0.15, 0.2) is 17.4 Å². The minimum Gasteiger partial charge on any atom is -0.369 e. The molecule has 1 aromatic heterocycles. The van der Waals surface area contributed by atoms with Crippen LogP contribution in [0.2, 0.25) is 10.0 Å². The van der Waals surface area contributed by atoms with Gasteiger partial charge in [-0.15, -0.1) is 11.8 Å². The van der Waals surface area contributed by atoms with E-state index < -0.39 is 0 Å². The maximum Gasteiger partial charge on any atom is 0.0838 e. The lowest BCUT2D eigenvalue weighted by Crippen LogP contribution is -2.36. The van der Waals surface area contributed by atoms with E-state index in [2.05, 4.69) is 21.1 Å². The first-order valence-corrected chi connectivity index (χ1v) is 8.20. The van der Waals surface area contributed by atoms with Gasteiger partial charge in [0.1, 0.15) is 0 Å². The van der Waals surface area contributed by atoms with Crippen LogP contribution in [0.1, 0.15) is 12.8 Å². The van der Waals surface area contributed by atoms with Crippen LogP contribution in [0.4, 0.5) is 5.69 Å². The summed E-state index contributed by atoms with van der Waals surface area (Å²) in [7, 11) is 1.87. The Morgan fingerprint density at radius 2 is 1.89 bits per heavy atom. The molecule has 1 aliphatic heterocycles. The van der Waals surface area contributed by atoms with E-state index in [1.807, 2.05) is 7.05 Å². The van der Waals surface area contributed by atoms with Gasteiger partial charge in [-0.3, -0.25) is 9.98 Å². The second kappa shape index (κ2) is 6.82. The molecule has 0 unspecified atom stereocenters. The van der Waals surface area contributed by atoms with Gasteiger partial charge in [-0.25, -0.2) is 0 Å². The van der Waals surface area contributed by atoms with Crippen molar-refractivity contribution in [1.82, 2.24) is 4.98 Å². The summed E-state index contributed by atoms with van der Waals surface area (Å²) in [5.74, 6) is 0.565. The lowest BCUT2D eigenvalue weighted by Gasteiger charge is -2.34. The van der Waals surface area contributed by atoms with Gasteiger partial charge in [0, 0.05) is 38.4 Å². The lowest BCUT2D eigenvalue weighted by atomic mass is 9.97. The number of anilines is 1. The van der Waals surface area contributed by atoms with Gasteiger partial charge < -0.3 is 4.90 Å². The Labute approximate surface area is 128 Å². The number of aliphatic imine (C=N–C) groups is 1. The van der Waals surface area contributed by atoms with Gasteiger partial charge in [0.15, 0.2) is 0 Å². The molecule has 1 saturated heterocycles. The highest BCUT2D eigenvalue weighted by Crippen LogP contribution is 2.35. The Bertz CT molecular complexity index is 451. The monoisotopic (exact) mass is 317 g/mol. The highest BCUT2D eigenvalue weighted by molar-refractivity contribution is 8.13. The fourth-order valence-electron chi connectivity index (χ4n) is 2.50. The van der Waals surface area contributed by atoms with Crippen molar-refractivity contribution in [2.24, 2.45) is 10.9 Å². The third-order valence-electron chi connectivity index (χ3n) is 3.42. The van der Waals surface area contributed by atoms with E-state index in [0.717, 1.165) is 31.6 Å². The van der Waals surface area contributed by atoms with E-state index in [0.29, 0.717) is 16.0 Å². The number of hydrogen-bond donors (Lipinski definition) is 0. The molecule has 0 aromatic carbocycles. The normalized spacial score (nSPS) is 17.9. The minimum absolute atomic E-state index is 0.565. The molecule has 0 atom stereocenters. The summed E-state index contributed by atoms with van der Waals surface area (Å²) in [5.41, 5.74) is 0.913. The SMILES string of the molecule is C/N=C(\SC)C1CCN(c2c(Cl)cncc2Cl)CC1. The number of aromatic nitrogens is 1. The molecule has 2 rings (SSSR count). The van der Waals surface area contributed by atoms with Crippen molar-refractivity contribution in [2.75, 3.05) is 31.3 Å². The molecule has 2 heterocycles. The van der Waals surface area contributed by atoms with Gasteiger partial charge in [-0.05, 0) is 19.1 Å². The first kappa shape index (κ1) is 14.9.